The molecule has 0 bridgehead atoms. The maximum Gasteiger partial charge on any atom is 0.573 e. The Hall–Kier alpha value is -3.14. The fourth-order valence-corrected chi connectivity index (χ4v) is 2.88. The van der Waals surface area contributed by atoms with E-state index in [2.05, 4.69) is 10.1 Å². The quantitative estimate of drug-likeness (QED) is 0.632. The van der Waals surface area contributed by atoms with Gasteiger partial charge in [-0.05, 0) is 44.3 Å². The first-order chi connectivity index (χ1) is 14.6. The Balaban J connectivity index is 2.06. The molecule has 31 heavy (non-hydrogen) atoms. The van der Waals surface area contributed by atoms with E-state index in [1.807, 2.05) is 6.07 Å². The topological polar surface area (TPSA) is 69.3 Å². The number of carbonyl (C=O) groups excluding carboxylic acids is 1. The molecule has 2 aromatic carbocycles. The number of hydrogen-bond donors (Lipinski definition) is 1. The molecule has 0 aliphatic rings. The third-order valence-corrected chi connectivity index (χ3v) is 4.60. The summed E-state index contributed by atoms with van der Waals surface area (Å²) in [7, 11) is 6.32. The molecule has 0 heterocycles. The number of benzene rings is 2. The first-order valence-corrected chi connectivity index (χ1v) is 9.24. The number of nitrogens with zero attached hydrogens (tertiary/aromatic N) is 1. The van der Waals surface area contributed by atoms with Gasteiger partial charge in [0.05, 0.1) is 27.4 Å². The van der Waals surface area contributed by atoms with Gasteiger partial charge in [0.15, 0.2) is 11.5 Å². The van der Waals surface area contributed by atoms with Crippen molar-refractivity contribution in [2.75, 3.05) is 33.7 Å². The minimum absolute atomic E-state index is 0.327. The number of carbonyl (C=O) groups is 1. The second-order valence-electron chi connectivity index (χ2n) is 6.65. The number of nitrogens with one attached hydrogen (secondary N) is 1. The molecule has 2 rings (SSSR count). The van der Waals surface area contributed by atoms with Crippen LogP contribution in [0.3, 0.4) is 0 Å². The van der Waals surface area contributed by atoms with E-state index in [1.165, 1.54) is 33.5 Å². The van der Waals surface area contributed by atoms with Gasteiger partial charge in [-0.15, -0.1) is 13.2 Å². The lowest BCUT2D eigenvalue weighted by Gasteiger charge is -2.25. The van der Waals surface area contributed by atoms with Crippen molar-refractivity contribution in [2.24, 2.45) is 0 Å². The van der Waals surface area contributed by atoms with Crippen molar-refractivity contribution in [3.8, 4) is 23.0 Å². The number of anilines is 1. The van der Waals surface area contributed by atoms with Crippen LogP contribution >= 0.6 is 0 Å². The summed E-state index contributed by atoms with van der Waals surface area (Å²) in [6.45, 7) is 2.08. The zero-order valence-electron chi connectivity index (χ0n) is 17.9. The van der Waals surface area contributed by atoms with Crippen LogP contribution in [0.5, 0.6) is 23.0 Å². The van der Waals surface area contributed by atoms with Crippen LogP contribution in [-0.2, 0) is 11.3 Å². The first kappa shape index (κ1) is 24.1. The predicted octanol–water partition coefficient (Wildman–Crippen LogP) is 4.07. The van der Waals surface area contributed by atoms with Crippen LogP contribution in [-0.4, -0.2) is 51.6 Å². The van der Waals surface area contributed by atoms with E-state index < -0.39 is 12.4 Å². The average Bonchev–Trinajstić information content (AvgIpc) is 2.72. The molecule has 1 amide bonds. The van der Waals surface area contributed by atoms with Crippen molar-refractivity contribution in [2.45, 2.75) is 25.9 Å². The molecule has 0 fully saturated rings. The summed E-state index contributed by atoms with van der Waals surface area (Å²) in [5.74, 6) is 0.785. The van der Waals surface area contributed by atoms with Crippen molar-refractivity contribution in [3.63, 3.8) is 0 Å². The SMILES string of the molecule is COc1ccc(CN(C)[C@H](C)C(=O)Nc2ccc(OC(F)(F)F)cc2)c(OC)c1OC. The Morgan fingerprint density at radius 3 is 2.13 bits per heavy atom. The Kier molecular flexibility index (Phi) is 7.98. The van der Waals surface area contributed by atoms with E-state index in [9.17, 15) is 18.0 Å². The van der Waals surface area contributed by atoms with Crippen molar-refractivity contribution in [1.29, 1.82) is 0 Å². The average molecular weight is 442 g/mol. The lowest BCUT2D eigenvalue weighted by Crippen LogP contribution is -2.39. The maximum atomic E-state index is 12.6. The molecular weight excluding hydrogens is 417 g/mol. The molecule has 0 aliphatic carbocycles. The van der Waals surface area contributed by atoms with Gasteiger partial charge >= 0.3 is 6.36 Å². The van der Waals surface area contributed by atoms with E-state index in [0.717, 1.165) is 17.7 Å². The number of rotatable bonds is 9. The summed E-state index contributed by atoms with van der Waals surface area (Å²) in [6.07, 6.45) is -4.77. The Morgan fingerprint density at radius 1 is 1.00 bits per heavy atom. The summed E-state index contributed by atoms with van der Waals surface area (Å²) in [6, 6.07) is 7.95. The highest BCUT2D eigenvalue weighted by atomic mass is 19.4. The summed E-state index contributed by atoms with van der Waals surface area (Å²) in [5.41, 5.74) is 1.14. The van der Waals surface area contributed by atoms with Gasteiger partial charge in [0.25, 0.3) is 0 Å². The molecule has 10 heteroatoms. The van der Waals surface area contributed by atoms with Crippen LogP contribution in [0, 0.1) is 0 Å². The van der Waals surface area contributed by atoms with Gasteiger partial charge in [-0.3, -0.25) is 9.69 Å². The second kappa shape index (κ2) is 10.3. The highest BCUT2D eigenvalue weighted by molar-refractivity contribution is 5.94. The molecule has 1 N–H and O–H groups in total. The van der Waals surface area contributed by atoms with Crippen molar-refractivity contribution < 1.29 is 36.9 Å². The number of alkyl halides is 3. The lowest BCUT2D eigenvalue weighted by molar-refractivity contribution is -0.274. The molecule has 0 radical (unpaired) electrons. The van der Waals surface area contributed by atoms with Crippen molar-refractivity contribution >= 4 is 11.6 Å². The largest absolute Gasteiger partial charge is 0.573 e. The lowest BCUT2D eigenvalue weighted by atomic mass is 10.1. The minimum Gasteiger partial charge on any atom is -0.493 e. The van der Waals surface area contributed by atoms with Crippen LogP contribution in [0.25, 0.3) is 0 Å². The molecule has 0 saturated heterocycles. The van der Waals surface area contributed by atoms with Crippen molar-refractivity contribution in [1.82, 2.24) is 4.90 Å². The van der Waals surface area contributed by atoms with Crippen LogP contribution in [0.4, 0.5) is 18.9 Å². The Labute approximate surface area is 178 Å². The van der Waals surface area contributed by atoms with Crippen molar-refractivity contribution in [3.05, 3.63) is 42.0 Å². The number of ether oxygens (including phenoxy) is 4. The van der Waals surface area contributed by atoms with Gasteiger partial charge in [-0.2, -0.15) is 0 Å². The monoisotopic (exact) mass is 442 g/mol. The molecule has 1 atom stereocenters. The highest BCUT2D eigenvalue weighted by Gasteiger charge is 2.31. The summed E-state index contributed by atoms with van der Waals surface area (Å²) >= 11 is 0. The highest BCUT2D eigenvalue weighted by Crippen LogP contribution is 2.40. The smallest absolute Gasteiger partial charge is 0.493 e. The molecule has 0 aromatic heterocycles. The summed E-state index contributed by atoms with van der Waals surface area (Å²) in [5, 5.41) is 2.67. The molecule has 0 unspecified atom stereocenters. The molecule has 7 nitrogen and oxygen atoms in total. The minimum atomic E-state index is -4.77. The zero-order chi connectivity index (χ0) is 23.2. The van der Waals surface area contributed by atoms with Gasteiger partial charge in [-0.25, -0.2) is 0 Å². The molecule has 2 aromatic rings. The molecule has 0 saturated carbocycles. The number of methoxy groups -OCH3 is 3. The maximum absolute atomic E-state index is 12.6. The van der Waals surface area contributed by atoms with Crippen LogP contribution < -0.4 is 24.3 Å². The van der Waals surface area contributed by atoms with E-state index in [0.29, 0.717) is 29.5 Å². The number of halogens is 3. The number of amides is 1. The van der Waals surface area contributed by atoms with E-state index in [1.54, 1.807) is 24.9 Å². The standard InChI is InChI=1S/C21H25F3N2O5/c1-13(20(27)25-15-7-9-16(10-8-15)31-21(22,23)24)26(2)12-14-6-11-17(28-3)19(30-5)18(14)29-4/h6-11,13H,12H2,1-5H3,(H,25,27)/t13-/m1/s1. The molecular formula is C21H25F3N2O5. The Morgan fingerprint density at radius 2 is 1.61 bits per heavy atom. The summed E-state index contributed by atoms with van der Waals surface area (Å²) < 4.78 is 56.7. The third-order valence-electron chi connectivity index (χ3n) is 4.60. The van der Waals surface area contributed by atoms with Gasteiger partial charge in [0.1, 0.15) is 5.75 Å². The normalized spacial score (nSPS) is 12.3. The zero-order valence-corrected chi connectivity index (χ0v) is 17.9. The number of likely N-dealkylation sites (N-methyl/N-ethyl adjacent to an activating group) is 1. The third kappa shape index (κ3) is 6.42. The van der Waals surface area contributed by atoms with Gasteiger partial charge in [-0.1, -0.05) is 6.07 Å². The van der Waals surface area contributed by atoms with Gasteiger partial charge in [0, 0.05) is 17.8 Å². The fourth-order valence-electron chi connectivity index (χ4n) is 2.88. The van der Waals surface area contributed by atoms with Gasteiger partial charge in [0.2, 0.25) is 11.7 Å². The Bertz CT molecular complexity index is 888. The van der Waals surface area contributed by atoms with E-state index in [4.69, 9.17) is 14.2 Å². The van der Waals surface area contributed by atoms with E-state index >= 15 is 0 Å². The van der Waals surface area contributed by atoms with Crippen LogP contribution in [0.2, 0.25) is 0 Å². The first-order valence-electron chi connectivity index (χ1n) is 9.24. The number of hydrogen-bond acceptors (Lipinski definition) is 6. The molecule has 0 aliphatic heterocycles. The fraction of sp³-hybridized carbons (Fsp3) is 0.381. The molecule has 170 valence electrons. The van der Waals surface area contributed by atoms with Gasteiger partial charge < -0.3 is 24.3 Å². The van der Waals surface area contributed by atoms with Crippen LogP contribution in [0.15, 0.2) is 36.4 Å². The summed E-state index contributed by atoms with van der Waals surface area (Å²) in [4.78, 5) is 14.4. The molecule has 0 spiro atoms. The van der Waals surface area contributed by atoms with E-state index in [-0.39, 0.29) is 11.7 Å². The predicted molar refractivity (Wildman–Crippen MR) is 109 cm³/mol. The second-order valence-corrected chi connectivity index (χ2v) is 6.65. The van der Waals surface area contributed by atoms with Crippen LogP contribution in [0.1, 0.15) is 12.5 Å².